The summed E-state index contributed by atoms with van der Waals surface area (Å²) in [7, 11) is 1.83. The molecule has 3 rings (SSSR count). The molecule has 0 atom stereocenters. The molecule has 4 heteroatoms. The number of benzene rings is 1. The van der Waals surface area contributed by atoms with E-state index in [-0.39, 0.29) is 0 Å². The molecule has 1 aliphatic carbocycles. The van der Waals surface area contributed by atoms with Gasteiger partial charge in [0.05, 0.1) is 6.26 Å². The van der Waals surface area contributed by atoms with Crippen LogP contribution in [-0.4, -0.2) is 25.6 Å². The highest BCUT2D eigenvalue weighted by atomic mass is 16.3. The van der Waals surface area contributed by atoms with Gasteiger partial charge < -0.3 is 15.1 Å². The fourth-order valence-electron chi connectivity index (χ4n) is 3.44. The lowest BCUT2D eigenvalue weighted by Crippen LogP contribution is -2.45. The maximum Gasteiger partial charge on any atom is 0.191 e. The third-order valence-electron chi connectivity index (χ3n) is 4.81. The topological polar surface area (TPSA) is 49.6 Å². The van der Waals surface area contributed by atoms with E-state index in [1.807, 2.05) is 19.2 Å². The predicted octanol–water partition coefficient (Wildman–Crippen LogP) is 3.71. The summed E-state index contributed by atoms with van der Waals surface area (Å²) < 4.78 is 5.35. The predicted molar refractivity (Wildman–Crippen MR) is 98.3 cm³/mol. The summed E-state index contributed by atoms with van der Waals surface area (Å²) in [5, 5.41) is 6.94. The Bertz CT molecular complexity index is 614. The third-order valence-corrected chi connectivity index (χ3v) is 4.81. The summed E-state index contributed by atoms with van der Waals surface area (Å²) in [6.45, 7) is 0.826. The van der Waals surface area contributed by atoms with Crippen molar-refractivity contribution >= 4 is 5.96 Å². The SMILES string of the molecule is CN=C(NCCc1ccco1)NC1CCC(c2ccccc2)CC1. The fraction of sp³-hybridized carbons (Fsp3) is 0.450. The number of furan rings is 1. The molecular formula is C20H27N3O. The highest BCUT2D eigenvalue weighted by molar-refractivity contribution is 5.79. The van der Waals surface area contributed by atoms with E-state index in [1.165, 1.54) is 31.2 Å². The summed E-state index contributed by atoms with van der Waals surface area (Å²) in [4.78, 5) is 4.34. The minimum Gasteiger partial charge on any atom is -0.469 e. The third kappa shape index (κ3) is 4.63. The lowest BCUT2D eigenvalue weighted by atomic mass is 9.82. The zero-order valence-corrected chi connectivity index (χ0v) is 14.4. The fourth-order valence-corrected chi connectivity index (χ4v) is 3.44. The minimum absolute atomic E-state index is 0.514. The van der Waals surface area contributed by atoms with Crippen molar-refractivity contribution < 1.29 is 4.42 Å². The lowest BCUT2D eigenvalue weighted by Gasteiger charge is -2.30. The summed E-state index contributed by atoms with van der Waals surface area (Å²) in [5.74, 6) is 2.60. The minimum atomic E-state index is 0.514. The van der Waals surface area contributed by atoms with Crippen molar-refractivity contribution in [2.45, 2.75) is 44.1 Å². The summed E-state index contributed by atoms with van der Waals surface area (Å²) >= 11 is 0. The molecule has 0 unspecified atom stereocenters. The van der Waals surface area contributed by atoms with E-state index in [1.54, 1.807) is 6.26 Å². The van der Waals surface area contributed by atoms with Crippen molar-refractivity contribution in [1.82, 2.24) is 10.6 Å². The van der Waals surface area contributed by atoms with Gasteiger partial charge in [-0.1, -0.05) is 30.3 Å². The van der Waals surface area contributed by atoms with Crippen LogP contribution in [0.25, 0.3) is 0 Å². The average Bonchev–Trinajstić information content (AvgIpc) is 3.15. The molecule has 0 amide bonds. The van der Waals surface area contributed by atoms with Crippen molar-refractivity contribution in [1.29, 1.82) is 0 Å². The number of guanidine groups is 1. The molecule has 128 valence electrons. The second kappa shape index (κ2) is 8.57. The number of aliphatic imine (C=N–C) groups is 1. The Morgan fingerprint density at radius 2 is 1.88 bits per heavy atom. The number of hydrogen-bond acceptors (Lipinski definition) is 2. The maximum atomic E-state index is 5.35. The number of hydrogen-bond donors (Lipinski definition) is 2. The van der Waals surface area contributed by atoms with Crippen molar-refractivity contribution in [3.8, 4) is 0 Å². The molecule has 0 saturated heterocycles. The first-order valence-corrected chi connectivity index (χ1v) is 8.89. The molecule has 0 aliphatic heterocycles. The molecule has 1 aromatic heterocycles. The van der Waals surface area contributed by atoms with Gasteiger partial charge in [0.2, 0.25) is 0 Å². The van der Waals surface area contributed by atoms with Gasteiger partial charge in [-0.15, -0.1) is 0 Å². The van der Waals surface area contributed by atoms with E-state index in [2.05, 4.69) is 46.0 Å². The van der Waals surface area contributed by atoms with Crippen LogP contribution in [0.5, 0.6) is 0 Å². The van der Waals surface area contributed by atoms with Gasteiger partial charge in [-0.05, 0) is 49.3 Å². The highest BCUT2D eigenvalue weighted by Gasteiger charge is 2.22. The van der Waals surface area contributed by atoms with E-state index >= 15 is 0 Å². The largest absolute Gasteiger partial charge is 0.469 e. The second-order valence-corrected chi connectivity index (χ2v) is 6.43. The Kier molecular flexibility index (Phi) is 5.94. The molecule has 1 saturated carbocycles. The molecule has 24 heavy (non-hydrogen) atoms. The Hall–Kier alpha value is -2.23. The Labute approximate surface area is 144 Å². The normalized spacial score (nSPS) is 21.5. The van der Waals surface area contributed by atoms with Gasteiger partial charge in [-0.25, -0.2) is 0 Å². The maximum absolute atomic E-state index is 5.35. The van der Waals surface area contributed by atoms with Gasteiger partial charge in [0.25, 0.3) is 0 Å². The molecule has 1 heterocycles. The zero-order chi connectivity index (χ0) is 16.6. The van der Waals surface area contributed by atoms with Gasteiger partial charge in [-0.2, -0.15) is 0 Å². The van der Waals surface area contributed by atoms with Crippen LogP contribution in [0.3, 0.4) is 0 Å². The first kappa shape index (κ1) is 16.6. The highest BCUT2D eigenvalue weighted by Crippen LogP contribution is 2.32. The van der Waals surface area contributed by atoms with Gasteiger partial charge in [-0.3, -0.25) is 4.99 Å². The van der Waals surface area contributed by atoms with Crippen LogP contribution in [0.2, 0.25) is 0 Å². The molecule has 2 aromatic rings. The van der Waals surface area contributed by atoms with Crippen LogP contribution in [0.4, 0.5) is 0 Å². The van der Waals surface area contributed by atoms with E-state index in [9.17, 15) is 0 Å². The van der Waals surface area contributed by atoms with Crippen LogP contribution in [0, 0.1) is 0 Å². The van der Waals surface area contributed by atoms with Crippen LogP contribution in [0.1, 0.15) is 42.9 Å². The Morgan fingerprint density at radius 1 is 1.08 bits per heavy atom. The smallest absolute Gasteiger partial charge is 0.191 e. The standard InChI is InChI=1S/C20H27N3O/c1-21-20(22-14-13-19-8-5-15-24-19)23-18-11-9-17(10-12-18)16-6-3-2-4-7-16/h2-8,15,17-18H,9-14H2,1H3,(H2,21,22,23). The molecular weight excluding hydrogens is 298 g/mol. The first-order valence-electron chi connectivity index (χ1n) is 8.89. The number of nitrogens with one attached hydrogen (secondary N) is 2. The van der Waals surface area contributed by atoms with Crippen molar-refractivity contribution in [3.05, 3.63) is 60.1 Å². The lowest BCUT2D eigenvalue weighted by molar-refractivity contribution is 0.371. The second-order valence-electron chi connectivity index (χ2n) is 6.43. The van der Waals surface area contributed by atoms with Crippen molar-refractivity contribution in [2.75, 3.05) is 13.6 Å². The molecule has 0 spiro atoms. The molecule has 1 fully saturated rings. The van der Waals surface area contributed by atoms with Crippen molar-refractivity contribution in [3.63, 3.8) is 0 Å². The van der Waals surface area contributed by atoms with Gasteiger partial charge in [0.1, 0.15) is 5.76 Å². The van der Waals surface area contributed by atoms with E-state index < -0.39 is 0 Å². The summed E-state index contributed by atoms with van der Waals surface area (Å²) in [6, 6.07) is 15.3. The van der Waals surface area contributed by atoms with Crippen LogP contribution >= 0.6 is 0 Å². The van der Waals surface area contributed by atoms with Gasteiger partial charge >= 0.3 is 0 Å². The molecule has 0 bridgehead atoms. The quantitative estimate of drug-likeness (QED) is 0.651. The summed E-state index contributed by atoms with van der Waals surface area (Å²) in [5.41, 5.74) is 1.48. The van der Waals surface area contributed by atoms with E-state index in [4.69, 9.17) is 4.42 Å². The Morgan fingerprint density at radius 3 is 2.54 bits per heavy atom. The zero-order valence-electron chi connectivity index (χ0n) is 14.4. The van der Waals surface area contributed by atoms with Crippen LogP contribution in [0.15, 0.2) is 58.1 Å². The molecule has 0 radical (unpaired) electrons. The van der Waals surface area contributed by atoms with Crippen LogP contribution in [-0.2, 0) is 6.42 Å². The monoisotopic (exact) mass is 325 g/mol. The van der Waals surface area contributed by atoms with Crippen LogP contribution < -0.4 is 10.6 Å². The van der Waals surface area contributed by atoms with E-state index in [0.29, 0.717) is 12.0 Å². The molecule has 2 N–H and O–H groups in total. The van der Waals surface area contributed by atoms with E-state index in [0.717, 1.165) is 24.7 Å². The molecule has 1 aliphatic rings. The number of rotatable bonds is 5. The van der Waals surface area contributed by atoms with Gasteiger partial charge in [0.15, 0.2) is 5.96 Å². The average molecular weight is 325 g/mol. The van der Waals surface area contributed by atoms with Gasteiger partial charge in [0, 0.05) is 26.1 Å². The molecule has 1 aromatic carbocycles. The first-order chi connectivity index (χ1) is 11.8. The Balaban J connectivity index is 1.41. The molecule has 4 nitrogen and oxygen atoms in total. The number of nitrogens with zero attached hydrogens (tertiary/aromatic N) is 1. The van der Waals surface area contributed by atoms with Crippen molar-refractivity contribution in [2.24, 2.45) is 4.99 Å². The summed E-state index contributed by atoms with van der Waals surface area (Å²) in [6.07, 6.45) is 7.45.